The first-order valence-electron chi connectivity index (χ1n) is 5.98. The molecule has 110 valence electrons. The van der Waals surface area contributed by atoms with E-state index in [1.807, 2.05) is 0 Å². The number of likely N-dealkylation sites (tertiary alicyclic amines) is 1. The molecule has 1 saturated heterocycles. The number of halogens is 3. The molecule has 0 bridgehead atoms. The Balaban J connectivity index is 2.53. The van der Waals surface area contributed by atoms with E-state index >= 15 is 0 Å². The molecular weight excluding hydrogens is 265 g/mol. The number of aliphatic carboxylic acids is 1. The Morgan fingerprint density at radius 1 is 1.47 bits per heavy atom. The zero-order valence-corrected chi connectivity index (χ0v) is 10.7. The third-order valence-electron chi connectivity index (χ3n) is 3.24. The maximum atomic E-state index is 12.1. The molecule has 8 heteroatoms. The molecule has 2 N–H and O–H groups in total. The lowest BCUT2D eigenvalue weighted by Crippen LogP contribution is -2.47. The highest BCUT2D eigenvalue weighted by Crippen LogP contribution is 2.25. The van der Waals surface area contributed by atoms with Gasteiger partial charge in [-0.15, -0.1) is 0 Å². The van der Waals surface area contributed by atoms with Crippen molar-refractivity contribution in [1.29, 1.82) is 0 Å². The molecule has 0 saturated carbocycles. The molecule has 1 fully saturated rings. The summed E-state index contributed by atoms with van der Waals surface area (Å²) in [5.74, 6) is -1.66. The van der Waals surface area contributed by atoms with Crippen molar-refractivity contribution < 1.29 is 27.9 Å². The molecular formula is C11H17F3N2O3. The monoisotopic (exact) mass is 282 g/mol. The Kier molecular flexibility index (Phi) is 4.65. The minimum Gasteiger partial charge on any atom is -0.481 e. The van der Waals surface area contributed by atoms with Crippen molar-refractivity contribution in [3.8, 4) is 0 Å². The predicted molar refractivity (Wildman–Crippen MR) is 60.6 cm³/mol. The number of rotatable bonds is 3. The third kappa shape index (κ3) is 4.29. The van der Waals surface area contributed by atoms with E-state index in [4.69, 9.17) is 5.11 Å². The van der Waals surface area contributed by atoms with Crippen LogP contribution in [0.2, 0.25) is 0 Å². The van der Waals surface area contributed by atoms with E-state index in [-0.39, 0.29) is 6.54 Å². The summed E-state index contributed by atoms with van der Waals surface area (Å²) >= 11 is 0. The highest BCUT2D eigenvalue weighted by Gasteiger charge is 2.39. The molecule has 0 radical (unpaired) electrons. The van der Waals surface area contributed by atoms with Crippen LogP contribution in [0, 0.1) is 5.92 Å². The van der Waals surface area contributed by atoms with Gasteiger partial charge in [0.1, 0.15) is 0 Å². The number of carboxylic acid groups (broad SMARTS) is 1. The fourth-order valence-electron chi connectivity index (χ4n) is 2.25. The molecule has 0 aromatic heterocycles. The van der Waals surface area contributed by atoms with Gasteiger partial charge in [-0.05, 0) is 20.3 Å². The van der Waals surface area contributed by atoms with Crippen LogP contribution >= 0.6 is 0 Å². The zero-order valence-electron chi connectivity index (χ0n) is 10.7. The van der Waals surface area contributed by atoms with E-state index < -0.39 is 42.6 Å². The molecule has 0 aromatic carbocycles. The molecule has 1 rings (SSSR count). The summed E-state index contributed by atoms with van der Waals surface area (Å²) in [6, 6.07) is -2.20. The Morgan fingerprint density at radius 3 is 2.47 bits per heavy atom. The number of urea groups is 1. The SMILES string of the molecule is CC(CC(F)(F)F)NC(=O)N1CCC(C(=O)O)C1C. The Bertz CT molecular complexity index is 360. The van der Waals surface area contributed by atoms with E-state index in [9.17, 15) is 22.8 Å². The summed E-state index contributed by atoms with van der Waals surface area (Å²) in [6.07, 6.45) is -5.13. The number of alkyl halides is 3. The van der Waals surface area contributed by atoms with Crippen LogP contribution in [0.3, 0.4) is 0 Å². The van der Waals surface area contributed by atoms with E-state index in [1.54, 1.807) is 6.92 Å². The van der Waals surface area contributed by atoms with E-state index in [1.165, 1.54) is 11.8 Å². The van der Waals surface area contributed by atoms with Crippen molar-refractivity contribution in [2.24, 2.45) is 5.92 Å². The number of carboxylic acids is 1. The standard InChI is InChI=1S/C11H17F3N2O3/c1-6(5-11(12,13)14)15-10(19)16-4-3-8(7(16)2)9(17)18/h6-8H,3-5H2,1-2H3,(H,15,19)(H,17,18). The highest BCUT2D eigenvalue weighted by molar-refractivity contribution is 5.78. The van der Waals surface area contributed by atoms with E-state index in [2.05, 4.69) is 5.32 Å². The minimum absolute atomic E-state index is 0.239. The maximum Gasteiger partial charge on any atom is 0.391 e. The lowest BCUT2D eigenvalue weighted by atomic mass is 10.0. The summed E-state index contributed by atoms with van der Waals surface area (Å²) in [4.78, 5) is 23.9. The van der Waals surface area contributed by atoms with Gasteiger partial charge in [-0.25, -0.2) is 4.79 Å². The predicted octanol–water partition coefficient (Wildman–Crippen LogP) is 1.83. The van der Waals surface area contributed by atoms with Crippen LogP contribution in [0.15, 0.2) is 0 Å². The van der Waals surface area contributed by atoms with E-state index in [0.717, 1.165) is 0 Å². The van der Waals surface area contributed by atoms with Gasteiger partial charge in [-0.1, -0.05) is 0 Å². The highest BCUT2D eigenvalue weighted by atomic mass is 19.4. The first kappa shape index (κ1) is 15.6. The zero-order chi connectivity index (χ0) is 14.8. The molecule has 5 nitrogen and oxygen atoms in total. The Hall–Kier alpha value is -1.47. The number of carbonyl (C=O) groups excluding carboxylic acids is 1. The first-order chi connectivity index (χ1) is 8.61. The lowest BCUT2D eigenvalue weighted by Gasteiger charge is -2.26. The lowest BCUT2D eigenvalue weighted by molar-refractivity contribution is -0.142. The molecule has 1 heterocycles. The van der Waals surface area contributed by atoms with Gasteiger partial charge in [0.2, 0.25) is 0 Å². The molecule has 0 aliphatic carbocycles. The van der Waals surface area contributed by atoms with Crippen molar-refractivity contribution in [3.05, 3.63) is 0 Å². The molecule has 19 heavy (non-hydrogen) atoms. The van der Waals surface area contributed by atoms with Gasteiger partial charge in [0.15, 0.2) is 0 Å². The molecule has 3 atom stereocenters. The number of amides is 2. The number of carbonyl (C=O) groups is 2. The normalized spacial score (nSPS) is 25.2. The molecule has 1 aliphatic rings. The first-order valence-corrected chi connectivity index (χ1v) is 5.98. The van der Waals surface area contributed by atoms with Crippen molar-refractivity contribution in [3.63, 3.8) is 0 Å². The molecule has 0 spiro atoms. The van der Waals surface area contributed by atoms with Gasteiger partial charge in [0, 0.05) is 18.6 Å². The second-order valence-corrected chi connectivity index (χ2v) is 4.84. The minimum atomic E-state index is -4.34. The van der Waals surface area contributed by atoms with Crippen molar-refractivity contribution >= 4 is 12.0 Å². The molecule has 0 aromatic rings. The van der Waals surface area contributed by atoms with Gasteiger partial charge in [0.05, 0.1) is 12.3 Å². The Morgan fingerprint density at radius 2 is 2.05 bits per heavy atom. The van der Waals surface area contributed by atoms with Gasteiger partial charge in [-0.3, -0.25) is 4.79 Å². The summed E-state index contributed by atoms with van der Waals surface area (Å²) in [6.45, 7) is 3.09. The maximum absolute atomic E-state index is 12.1. The second kappa shape index (κ2) is 5.66. The van der Waals surface area contributed by atoms with Crippen LogP contribution in [-0.2, 0) is 4.79 Å². The number of nitrogens with one attached hydrogen (secondary N) is 1. The summed E-state index contributed by atoms with van der Waals surface area (Å²) in [5.41, 5.74) is 0. The van der Waals surface area contributed by atoms with Gasteiger partial charge in [0.25, 0.3) is 0 Å². The summed E-state index contributed by atoms with van der Waals surface area (Å²) in [7, 11) is 0. The van der Waals surface area contributed by atoms with Crippen LogP contribution in [0.5, 0.6) is 0 Å². The van der Waals surface area contributed by atoms with Crippen molar-refractivity contribution in [2.45, 2.75) is 44.9 Å². The molecule has 2 amide bonds. The van der Waals surface area contributed by atoms with E-state index in [0.29, 0.717) is 6.42 Å². The fraction of sp³-hybridized carbons (Fsp3) is 0.818. The second-order valence-electron chi connectivity index (χ2n) is 4.84. The smallest absolute Gasteiger partial charge is 0.391 e. The summed E-state index contributed by atoms with van der Waals surface area (Å²) in [5, 5.41) is 11.2. The average Bonchev–Trinajstić information content (AvgIpc) is 2.56. The molecule has 1 aliphatic heterocycles. The average molecular weight is 282 g/mol. The number of hydrogen-bond acceptors (Lipinski definition) is 2. The molecule has 3 unspecified atom stereocenters. The quantitative estimate of drug-likeness (QED) is 0.829. The van der Waals surface area contributed by atoms with Gasteiger partial charge >= 0.3 is 18.2 Å². The van der Waals surface area contributed by atoms with Crippen LogP contribution in [0.25, 0.3) is 0 Å². The fourth-order valence-corrected chi connectivity index (χ4v) is 2.25. The Labute approximate surface area is 108 Å². The van der Waals surface area contributed by atoms with Gasteiger partial charge < -0.3 is 15.3 Å². The van der Waals surface area contributed by atoms with Crippen molar-refractivity contribution in [2.75, 3.05) is 6.54 Å². The van der Waals surface area contributed by atoms with Gasteiger partial charge in [-0.2, -0.15) is 13.2 Å². The number of nitrogens with zero attached hydrogens (tertiary/aromatic N) is 1. The van der Waals surface area contributed by atoms with Crippen LogP contribution < -0.4 is 5.32 Å². The third-order valence-corrected chi connectivity index (χ3v) is 3.24. The van der Waals surface area contributed by atoms with Crippen LogP contribution in [0.4, 0.5) is 18.0 Å². The topological polar surface area (TPSA) is 69.6 Å². The van der Waals surface area contributed by atoms with Crippen molar-refractivity contribution in [1.82, 2.24) is 10.2 Å². The largest absolute Gasteiger partial charge is 0.481 e. The van der Waals surface area contributed by atoms with Crippen LogP contribution in [-0.4, -0.2) is 46.8 Å². The summed E-state index contributed by atoms with van der Waals surface area (Å²) < 4.78 is 36.4. The van der Waals surface area contributed by atoms with Crippen LogP contribution in [0.1, 0.15) is 26.7 Å². The number of hydrogen-bond donors (Lipinski definition) is 2.